The maximum Gasteiger partial charge on any atom is 0.244 e. The largest absolute Gasteiger partial charge is 0.315 e. The Morgan fingerprint density at radius 1 is 1.52 bits per heavy atom. The Balaban J connectivity index is 2.48. The molecule has 114 valence electrons. The van der Waals surface area contributed by atoms with Gasteiger partial charge in [-0.2, -0.15) is 9.57 Å². The SMILES string of the molecule is CCCN(C1CCNC1)S(=O)(=O)c1cccc(F)c1C#N. The summed E-state index contributed by atoms with van der Waals surface area (Å²) in [6, 6.07) is 5.22. The van der Waals surface area contributed by atoms with E-state index in [1.54, 1.807) is 6.07 Å². The minimum absolute atomic E-state index is 0.148. The van der Waals surface area contributed by atoms with Crippen molar-refractivity contribution in [2.75, 3.05) is 19.6 Å². The van der Waals surface area contributed by atoms with Crippen molar-refractivity contribution in [3.8, 4) is 6.07 Å². The van der Waals surface area contributed by atoms with Crippen LogP contribution in [0.5, 0.6) is 0 Å². The van der Waals surface area contributed by atoms with Gasteiger partial charge in [0.05, 0.1) is 0 Å². The molecule has 1 unspecified atom stereocenters. The number of rotatable bonds is 5. The van der Waals surface area contributed by atoms with Crippen LogP contribution in [0, 0.1) is 17.1 Å². The lowest BCUT2D eigenvalue weighted by atomic mass is 10.2. The topological polar surface area (TPSA) is 73.2 Å². The fraction of sp³-hybridized carbons (Fsp3) is 0.500. The molecule has 1 aliphatic rings. The van der Waals surface area contributed by atoms with Gasteiger partial charge in [0.15, 0.2) is 0 Å². The summed E-state index contributed by atoms with van der Waals surface area (Å²) in [7, 11) is -3.88. The molecule has 0 aromatic heterocycles. The predicted molar refractivity (Wildman–Crippen MR) is 76.6 cm³/mol. The molecule has 1 heterocycles. The Kier molecular flexibility index (Phi) is 4.93. The van der Waals surface area contributed by atoms with Gasteiger partial charge in [-0.15, -0.1) is 0 Å². The van der Waals surface area contributed by atoms with Gasteiger partial charge in [0.25, 0.3) is 0 Å². The summed E-state index contributed by atoms with van der Waals surface area (Å²) in [6.07, 6.45) is 1.38. The average molecular weight is 311 g/mol. The fourth-order valence-electron chi connectivity index (χ4n) is 2.56. The third kappa shape index (κ3) is 3.07. The maximum absolute atomic E-state index is 13.7. The molecular formula is C14H18FN3O2S. The number of hydrogen-bond donors (Lipinski definition) is 1. The van der Waals surface area contributed by atoms with E-state index in [2.05, 4.69) is 5.32 Å². The summed E-state index contributed by atoms with van der Waals surface area (Å²) in [5, 5.41) is 12.2. The third-order valence-corrected chi connectivity index (χ3v) is 5.55. The predicted octanol–water partition coefficient (Wildman–Crippen LogP) is 1.46. The summed E-state index contributed by atoms with van der Waals surface area (Å²) < 4.78 is 40.7. The van der Waals surface area contributed by atoms with Crippen LogP contribution in [0.3, 0.4) is 0 Å². The maximum atomic E-state index is 13.7. The molecular weight excluding hydrogens is 293 g/mol. The lowest BCUT2D eigenvalue weighted by molar-refractivity contribution is 0.335. The summed E-state index contributed by atoms with van der Waals surface area (Å²) in [5.41, 5.74) is -0.412. The Morgan fingerprint density at radius 3 is 2.86 bits per heavy atom. The van der Waals surface area contributed by atoms with Gasteiger partial charge in [-0.25, -0.2) is 12.8 Å². The molecule has 7 heteroatoms. The van der Waals surface area contributed by atoms with Gasteiger partial charge in [-0.05, 0) is 31.5 Å². The van der Waals surface area contributed by atoms with E-state index in [9.17, 15) is 12.8 Å². The number of nitrogens with zero attached hydrogens (tertiary/aromatic N) is 2. The van der Waals surface area contributed by atoms with E-state index in [1.807, 2.05) is 6.92 Å². The highest BCUT2D eigenvalue weighted by molar-refractivity contribution is 7.89. The van der Waals surface area contributed by atoms with Crippen LogP contribution in [0.2, 0.25) is 0 Å². The van der Waals surface area contributed by atoms with Crippen LogP contribution in [0.15, 0.2) is 23.1 Å². The van der Waals surface area contributed by atoms with Crippen molar-refractivity contribution in [3.05, 3.63) is 29.6 Å². The molecule has 1 atom stereocenters. The van der Waals surface area contributed by atoms with Crippen LogP contribution in [0.1, 0.15) is 25.3 Å². The van der Waals surface area contributed by atoms with Gasteiger partial charge in [-0.1, -0.05) is 13.0 Å². The van der Waals surface area contributed by atoms with Crippen molar-refractivity contribution in [2.45, 2.75) is 30.7 Å². The van der Waals surface area contributed by atoms with Crippen LogP contribution in [0.4, 0.5) is 4.39 Å². The molecule has 0 bridgehead atoms. The van der Waals surface area contributed by atoms with E-state index in [0.717, 1.165) is 19.0 Å². The van der Waals surface area contributed by atoms with E-state index in [4.69, 9.17) is 5.26 Å². The molecule has 1 aromatic rings. The number of nitrogens with one attached hydrogen (secondary N) is 1. The molecule has 0 aliphatic carbocycles. The molecule has 0 saturated carbocycles. The number of hydrogen-bond acceptors (Lipinski definition) is 4. The molecule has 1 fully saturated rings. The molecule has 2 rings (SSSR count). The molecule has 5 nitrogen and oxygen atoms in total. The van der Waals surface area contributed by atoms with E-state index >= 15 is 0 Å². The van der Waals surface area contributed by atoms with Gasteiger partial charge in [-0.3, -0.25) is 0 Å². The van der Waals surface area contributed by atoms with Crippen molar-refractivity contribution in [1.82, 2.24) is 9.62 Å². The second-order valence-corrected chi connectivity index (χ2v) is 6.85. The molecule has 21 heavy (non-hydrogen) atoms. The Morgan fingerprint density at radius 2 is 2.29 bits per heavy atom. The average Bonchev–Trinajstić information content (AvgIpc) is 2.98. The molecule has 0 radical (unpaired) electrons. The molecule has 1 N–H and O–H groups in total. The zero-order chi connectivity index (χ0) is 15.5. The van der Waals surface area contributed by atoms with Gasteiger partial charge >= 0.3 is 0 Å². The highest BCUT2D eigenvalue weighted by Gasteiger charge is 2.34. The second-order valence-electron chi connectivity index (χ2n) is 4.99. The first-order valence-electron chi connectivity index (χ1n) is 6.93. The lowest BCUT2D eigenvalue weighted by Crippen LogP contribution is -2.42. The van der Waals surface area contributed by atoms with Crippen LogP contribution < -0.4 is 5.32 Å². The van der Waals surface area contributed by atoms with E-state index in [1.165, 1.54) is 16.4 Å². The number of sulfonamides is 1. The van der Waals surface area contributed by atoms with Crippen LogP contribution >= 0.6 is 0 Å². The molecule has 1 saturated heterocycles. The molecule has 0 amide bonds. The first-order chi connectivity index (χ1) is 10.0. The minimum atomic E-state index is -3.88. The standard InChI is InChI=1S/C14H18FN3O2S/c1-2-8-18(11-6-7-17-10-11)21(19,20)14-5-3-4-13(15)12(14)9-16/h3-5,11,17H,2,6-8,10H2,1H3. The van der Waals surface area contributed by atoms with Gasteiger partial charge in [0, 0.05) is 19.1 Å². The zero-order valence-corrected chi connectivity index (χ0v) is 12.7. The van der Waals surface area contributed by atoms with Crippen LogP contribution in [-0.2, 0) is 10.0 Å². The first-order valence-corrected chi connectivity index (χ1v) is 8.37. The Labute approximate surface area is 124 Å². The highest BCUT2D eigenvalue weighted by atomic mass is 32.2. The minimum Gasteiger partial charge on any atom is -0.315 e. The van der Waals surface area contributed by atoms with Crippen molar-refractivity contribution in [2.24, 2.45) is 0 Å². The van der Waals surface area contributed by atoms with Crippen molar-refractivity contribution in [1.29, 1.82) is 5.26 Å². The monoisotopic (exact) mass is 311 g/mol. The normalized spacial score (nSPS) is 18.9. The smallest absolute Gasteiger partial charge is 0.244 e. The summed E-state index contributed by atoms with van der Waals surface area (Å²) >= 11 is 0. The Hall–Kier alpha value is -1.49. The van der Waals surface area contributed by atoms with Crippen molar-refractivity contribution in [3.63, 3.8) is 0 Å². The second kappa shape index (κ2) is 6.52. The highest BCUT2D eigenvalue weighted by Crippen LogP contribution is 2.25. The van der Waals surface area contributed by atoms with Crippen LogP contribution in [0.25, 0.3) is 0 Å². The summed E-state index contributed by atoms with van der Waals surface area (Å²) in [6.45, 7) is 3.59. The van der Waals surface area contributed by atoms with E-state index in [0.29, 0.717) is 19.5 Å². The fourth-order valence-corrected chi connectivity index (χ4v) is 4.46. The number of nitriles is 1. The van der Waals surface area contributed by atoms with Crippen LogP contribution in [-0.4, -0.2) is 38.4 Å². The summed E-state index contributed by atoms with van der Waals surface area (Å²) in [4.78, 5) is -0.245. The quantitative estimate of drug-likeness (QED) is 0.893. The van der Waals surface area contributed by atoms with Crippen molar-refractivity contribution >= 4 is 10.0 Å². The molecule has 0 spiro atoms. The van der Waals surface area contributed by atoms with E-state index < -0.39 is 21.4 Å². The molecule has 1 aliphatic heterocycles. The summed E-state index contributed by atoms with van der Waals surface area (Å²) in [5.74, 6) is -0.806. The molecule has 1 aromatic carbocycles. The van der Waals surface area contributed by atoms with Gasteiger partial charge in [0.2, 0.25) is 10.0 Å². The zero-order valence-electron chi connectivity index (χ0n) is 11.8. The lowest BCUT2D eigenvalue weighted by Gasteiger charge is -2.27. The number of halogens is 1. The third-order valence-electron chi connectivity index (χ3n) is 3.56. The van der Waals surface area contributed by atoms with Gasteiger partial charge in [0.1, 0.15) is 22.3 Å². The first kappa shape index (κ1) is 15.9. The number of benzene rings is 1. The Bertz CT molecular complexity index is 649. The van der Waals surface area contributed by atoms with Gasteiger partial charge < -0.3 is 5.32 Å². The van der Waals surface area contributed by atoms with Crippen molar-refractivity contribution < 1.29 is 12.8 Å². The van der Waals surface area contributed by atoms with E-state index in [-0.39, 0.29) is 10.9 Å².